The van der Waals surface area contributed by atoms with Gasteiger partial charge in [-0.15, -0.1) is 10.2 Å². The third-order valence-corrected chi connectivity index (χ3v) is 5.10. The first-order valence-electron chi connectivity index (χ1n) is 8.60. The van der Waals surface area contributed by atoms with E-state index in [4.69, 9.17) is 0 Å². The highest BCUT2D eigenvalue weighted by Crippen LogP contribution is 2.23. The molecular formula is C18H22N4O2S. The highest BCUT2D eigenvalue weighted by molar-refractivity contribution is 7.15. The van der Waals surface area contributed by atoms with E-state index in [0.29, 0.717) is 18.1 Å². The van der Waals surface area contributed by atoms with Crippen LogP contribution in [-0.2, 0) is 16.0 Å². The first kappa shape index (κ1) is 17.5. The number of amides is 2. The Morgan fingerprint density at radius 3 is 2.88 bits per heavy atom. The van der Waals surface area contributed by atoms with Gasteiger partial charge in [0.05, 0.1) is 5.92 Å². The molecule has 2 aromatic rings. The number of carbonyl (C=O) groups is 2. The molecule has 132 valence electrons. The van der Waals surface area contributed by atoms with Gasteiger partial charge in [-0.25, -0.2) is 0 Å². The van der Waals surface area contributed by atoms with E-state index >= 15 is 0 Å². The quantitative estimate of drug-likeness (QED) is 0.826. The largest absolute Gasteiger partial charge is 0.342 e. The summed E-state index contributed by atoms with van der Waals surface area (Å²) in [6, 6.07) is 10.0. The first-order chi connectivity index (χ1) is 12.2. The van der Waals surface area contributed by atoms with Gasteiger partial charge in [0.15, 0.2) is 0 Å². The van der Waals surface area contributed by atoms with Gasteiger partial charge in [-0.3, -0.25) is 9.59 Å². The molecule has 2 amide bonds. The monoisotopic (exact) mass is 358 g/mol. The van der Waals surface area contributed by atoms with Crippen molar-refractivity contribution in [2.75, 3.05) is 18.4 Å². The zero-order valence-electron chi connectivity index (χ0n) is 14.3. The summed E-state index contributed by atoms with van der Waals surface area (Å²) in [4.78, 5) is 26.2. The molecule has 1 atom stereocenters. The van der Waals surface area contributed by atoms with Crippen molar-refractivity contribution in [1.29, 1.82) is 0 Å². The fourth-order valence-corrected chi connectivity index (χ4v) is 3.64. The zero-order valence-corrected chi connectivity index (χ0v) is 15.1. The second-order valence-corrected chi connectivity index (χ2v) is 7.31. The molecule has 6 nitrogen and oxygen atoms in total. The molecular weight excluding hydrogens is 336 g/mol. The van der Waals surface area contributed by atoms with Crippen molar-refractivity contribution < 1.29 is 9.59 Å². The summed E-state index contributed by atoms with van der Waals surface area (Å²) in [6.45, 7) is 3.33. The van der Waals surface area contributed by atoms with Crippen LogP contribution in [0, 0.1) is 5.92 Å². The fraction of sp³-hybridized carbons (Fsp3) is 0.444. The van der Waals surface area contributed by atoms with Crippen molar-refractivity contribution in [1.82, 2.24) is 15.1 Å². The normalized spacial score (nSPS) is 17.1. The summed E-state index contributed by atoms with van der Waals surface area (Å²) in [5.41, 5.74) is 1.16. The molecule has 1 saturated heterocycles. The molecule has 3 rings (SSSR count). The third-order valence-electron chi connectivity index (χ3n) is 4.26. The lowest BCUT2D eigenvalue weighted by Crippen LogP contribution is -2.29. The van der Waals surface area contributed by atoms with E-state index in [-0.39, 0.29) is 24.2 Å². The van der Waals surface area contributed by atoms with E-state index in [0.717, 1.165) is 30.0 Å². The number of hydrogen-bond acceptors (Lipinski definition) is 5. The Hall–Kier alpha value is -2.28. The van der Waals surface area contributed by atoms with Crippen molar-refractivity contribution >= 4 is 28.3 Å². The number of benzene rings is 1. The minimum atomic E-state index is -0.300. The predicted octanol–water partition coefficient (Wildman–Crippen LogP) is 2.72. The van der Waals surface area contributed by atoms with Gasteiger partial charge in [-0.2, -0.15) is 0 Å². The second-order valence-electron chi connectivity index (χ2n) is 6.25. The molecule has 0 saturated carbocycles. The van der Waals surface area contributed by atoms with Crippen LogP contribution in [0.5, 0.6) is 0 Å². The summed E-state index contributed by atoms with van der Waals surface area (Å²) in [5, 5.41) is 12.4. The van der Waals surface area contributed by atoms with Gasteiger partial charge in [0.1, 0.15) is 5.01 Å². The molecule has 1 aromatic carbocycles. The number of rotatable bonds is 7. The Kier molecular flexibility index (Phi) is 5.75. The average Bonchev–Trinajstić information content (AvgIpc) is 3.20. The van der Waals surface area contributed by atoms with Gasteiger partial charge in [-0.05, 0) is 12.0 Å². The van der Waals surface area contributed by atoms with Crippen molar-refractivity contribution in [3.05, 3.63) is 40.9 Å². The molecule has 1 aliphatic rings. The van der Waals surface area contributed by atoms with Crippen molar-refractivity contribution in [3.8, 4) is 0 Å². The maximum atomic E-state index is 12.4. The lowest BCUT2D eigenvalue weighted by Gasteiger charge is -2.15. The molecule has 0 radical (unpaired) electrons. The van der Waals surface area contributed by atoms with E-state index in [1.807, 2.05) is 30.3 Å². The third kappa shape index (κ3) is 4.63. The molecule has 1 aliphatic heterocycles. The Morgan fingerprint density at radius 1 is 1.32 bits per heavy atom. The van der Waals surface area contributed by atoms with Crippen LogP contribution in [0.15, 0.2) is 30.3 Å². The van der Waals surface area contributed by atoms with Crippen LogP contribution < -0.4 is 5.32 Å². The van der Waals surface area contributed by atoms with Gasteiger partial charge in [0.2, 0.25) is 16.9 Å². The van der Waals surface area contributed by atoms with Crippen molar-refractivity contribution in [2.24, 2.45) is 5.92 Å². The minimum Gasteiger partial charge on any atom is -0.342 e. The van der Waals surface area contributed by atoms with Crippen molar-refractivity contribution in [3.63, 3.8) is 0 Å². The molecule has 0 bridgehead atoms. The number of unbranched alkanes of at least 4 members (excludes halogenated alkanes) is 1. The predicted molar refractivity (Wildman–Crippen MR) is 97.4 cm³/mol. The molecule has 0 unspecified atom stereocenters. The Morgan fingerprint density at radius 2 is 2.12 bits per heavy atom. The second kappa shape index (κ2) is 8.20. The highest BCUT2D eigenvalue weighted by atomic mass is 32.1. The Balaban J connectivity index is 1.54. The molecule has 0 aliphatic carbocycles. The Labute approximate surface area is 151 Å². The molecule has 7 heteroatoms. The standard InChI is InChI=1S/C18H22N4O2S/c1-2-3-9-22-12-14(11-16(22)23)17(24)19-18-21-20-15(25-18)10-13-7-5-4-6-8-13/h4-8,14H,2-3,9-12H2,1H3,(H,19,21,24)/t14-/m1/s1. The molecule has 1 aromatic heterocycles. The zero-order chi connectivity index (χ0) is 17.6. The van der Waals surface area contributed by atoms with Crippen LogP contribution in [0.2, 0.25) is 0 Å². The van der Waals surface area contributed by atoms with Crippen LogP contribution in [-0.4, -0.2) is 40.0 Å². The number of nitrogens with zero attached hydrogens (tertiary/aromatic N) is 3. The van der Waals surface area contributed by atoms with E-state index < -0.39 is 0 Å². The minimum absolute atomic E-state index is 0.0654. The number of anilines is 1. The summed E-state index contributed by atoms with van der Waals surface area (Å²) >= 11 is 1.38. The van der Waals surface area contributed by atoms with Crippen LogP contribution in [0.3, 0.4) is 0 Å². The SMILES string of the molecule is CCCCN1C[C@H](C(=O)Nc2nnc(Cc3ccccc3)s2)CC1=O. The molecule has 25 heavy (non-hydrogen) atoms. The van der Waals surface area contributed by atoms with Gasteiger partial charge >= 0.3 is 0 Å². The molecule has 1 N–H and O–H groups in total. The number of hydrogen-bond donors (Lipinski definition) is 1. The number of aromatic nitrogens is 2. The highest BCUT2D eigenvalue weighted by Gasteiger charge is 2.34. The first-order valence-corrected chi connectivity index (χ1v) is 9.42. The van der Waals surface area contributed by atoms with E-state index in [1.165, 1.54) is 11.3 Å². The molecule has 2 heterocycles. The topological polar surface area (TPSA) is 75.2 Å². The van der Waals surface area contributed by atoms with E-state index in [9.17, 15) is 9.59 Å². The Bertz CT molecular complexity index is 732. The van der Waals surface area contributed by atoms with E-state index in [1.54, 1.807) is 4.90 Å². The van der Waals surface area contributed by atoms with Crippen LogP contribution in [0.25, 0.3) is 0 Å². The van der Waals surface area contributed by atoms with Crippen LogP contribution in [0.4, 0.5) is 5.13 Å². The molecule has 1 fully saturated rings. The van der Waals surface area contributed by atoms with Gasteiger partial charge in [0, 0.05) is 25.9 Å². The lowest BCUT2D eigenvalue weighted by atomic mass is 10.1. The van der Waals surface area contributed by atoms with Gasteiger partial charge in [-0.1, -0.05) is 55.0 Å². The summed E-state index contributed by atoms with van der Waals surface area (Å²) in [7, 11) is 0. The summed E-state index contributed by atoms with van der Waals surface area (Å²) in [6.07, 6.45) is 2.99. The van der Waals surface area contributed by atoms with Crippen molar-refractivity contribution in [2.45, 2.75) is 32.6 Å². The number of carbonyl (C=O) groups excluding carboxylic acids is 2. The van der Waals surface area contributed by atoms with Crippen LogP contribution in [0.1, 0.15) is 36.8 Å². The van der Waals surface area contributed by atoms with E-state index in [2.05, 4.69) is 22.4 Å². The lowest BCUT2D eigenvalue weighted by molar-refractivity contribution is -0.128. The maximum Gasteiger partial charge on any atom is 0.231 e. The fourth-order valence-electron chi connectivity index (χ4n) is 2.87. The van der Waals surface area contributed by atoms with Crippen LogP contribution >= 0.6 is 11.3 Å². The van der Waals surface area contributed by atoms with Gasteiger partial charge in [0.25, 0.3) is 0 Å². The summed E-state index contributed by atoms with van der Waals surface area (Å²) < 4.78 is 0. The van der Waals surface area contributed by atoms with Gasteiger partial charge < -0.3 is 10.2 Å². The summed E-state index contributed by atoms with van der Waals surface area (Å²) in [5.74, 6) is -0.379. The number of likely N-dealkylation sites (tertiary alicyclic amines) is 1. The smallest absolute Gasteiger partial charge is 0.231 e. The number of nitrogens with one attached hydrogen (secondary N) is 1. The molecule has 0 spiro atoms. The average molecular weight is 358 g/mol. The maximum absolute atomic E-state index is 12.4.